The number of benzene rings is 1. The highest BCUT2D eigenvalue weighted by Crippen LogP contribution is 2.31. The molecule has 1 aliphatic heterocycles. The molecule has 0 saturated carbocycles. The molecule has 0 atom stereocenters. The van der Waals surface area contributed by atoms with Crippen LogP contribution in [0.15, 0.2) is 47.1 Å². The van der Waals surface area contributed by atoms with Crippen LogP contribution in [-0.2, 0) is 12.7 Å². The van der Waals surface area contributed by atoms with Crippen LogP contribution in [0.5, 0.6) is 0 Å². The molecule has 152 valence electrons. The van der Waals surface area contributed by atoms with Gasteiger partial charge in [0.1, 0.15) is 5.82 Å². The fourth-order valence-electron chi connectivity index (χ4n) is 3.15. The molecule has 3 heterocycles. The third-order valence-corrected chi connectivity index (χ3v) is 4.91. The number of nitrogens with zero attached hydrogens (tertiary/aromatic N) is 5. The predicted octanol–water partition coefficient (Wildman–Crippen LogP) is 4.13. The zero-order chi connectivity index (χ0) is 20.4. The Morgan fingerprint density at radius 3 is 2.55 bits per heavy atom. The van der Waals surface area contributed by atoms with Crippen LogP contribution in [0.25, 0.3) is 11.4 Å². The van der Waals surface area contributed by atoms with E-state index < -0.39 is 11.7 Å². The zero-order valence-corrected chi connectivity index (χ0v) is 16.0. The molecule has 0 amide bonds. The molecule has 1 aromatic carbocycles. The summed E-state index contributed by atoms with van der Waals surface area (Å²) in [7, 11) is 0. The molecular weight excluding hydrogens is 407 g/mol. The predicted molar refractivity (Wildman–Crippen MR) is 101 cm³/mol. The summed E-state index contributed by atoms with van der Waals surface area (Å²) >= 11 is 5.87. The number of piperazine rings is 1. The van der Waals surface area contributed by atoms with Crippen molar-refractivity contribution in [2.24, 2.45) is 0 Å². The number of halogens is 4. The van der Waals surface area contributed by atoms with Crippen LogP contribution in [0.3, 0.4) is 0 Å². The fraction of sp³-hybridized carbons (Fsp3) is 0.316. The van der Waals surface area contributed by atoms with E-state index in [0.29, 0.717) is 17.5 Å². The number of anilines is 1. The molecule has 1 fully saturated rings. The van der Waals surface area contributed by atoms with Gasteiger partial charge in [0.05, 0.1) is 17.1 Å². The Kier molecular flexibility index (Phi) is 5.42. The maximum atomic E-state index is 12.9. The average molecular weight is 424 g/mol. The normalized spacial score (nSPS) is 15.7. The molecule has 0 radical (unpaired) electrons. The number of rotatable bonds is 4. The molecule has 29 heavy (non-hydrogen) atoms. The molecule has 1 aliphatic rings. The second kappa shape index (κ2) is 8.00. The van der Waals surface area contributed by atoms with Gasteiger partial charge in [0, 0.05) is 37.9 Å². The van der Waals surface area contributed by atoms with Gasteiger partial charge in [0.25, 0.3) is 0 Å². The van der Waals surface area contributed by atoms with Crippen LogP contribution in [-0.4, -0.2) is 46.2 Å². The van der Waals surface area contributed by atoms with Gasteiger partial charge < -0.3 is 9.42 Å². The van der Waals surface area contributed by atoms with Crippen molar-refractivity contribution >= 4 is 17.4 Å². The topological polar surface area (TPSA) is 58.3 Å². The standard InChI is InChI=1S/C19H17ClF3N5O/c20-15-4-5-16(24-11-15)28-8-6-27(7-9-28)12-17-25-18(26-29-17)13-2-1-3-14(10-13)19(21,22)23/h1-5,10-11H,6-9,12H2. The number of aromatic nitrogens is 3. The number of pyridine rings is 1. The minimum absolute atomic E-state index is 0.148. The molecule has 0 unspecified atom stereocenters. The van der Waals surface area contributed by atoms with Gasteiger partial charge in [-0.15, -0.1) is 0 Å². The van der Waals surface area contributed by atoms with E-state index in [1.807, 2.05) is 12.1 Å². The van der Waals surface area contributed by atoms with E-state index >= 15 is 0 Å². The summed E-state index contributed by atoms with van der Waals surface area (Å²) in [4.78, 5) is 12.9. The van der Waals surface area contributed by atoms with E-state index in [1.54, 1.807) is 6.20 Å². The highest BCUT2D eigenvalue weighted by molar-refractivity contribution is 6.30. The van der Waals surface area contributed by atoms with Crippen molar-refractivity contribution in [2.75, 3.05) is 31.1 Å². The summed E-state index contributed by atoms with van der Waals surface area (Å²) in [5.74, 6) is 1.39. The van der Waals surface area contributed by atoms with Gasteiger partial charge in [0.15, 0.2) is 0 Å². The third kappa shape index (κ3) is 4.68. The highest BCUT2D eigenvalue weighted by Gasteiger charge is 2.31. The van der Waals surface area contributed by atoms with Crippen molar-refractivity contribution in [1.82, 2.24) is 20.0 Å². The quantitative estimate of drug-likeness (QED) is 0.629. The van der Waals surface area contributed by atoms with Gasteiger partial charge in [-0.2, -0.15) is 18.2 Å². The van der Waals surface area contributed by atoms with Crippen molar-refractivity contribution < 1.29 is 17.7 Å². The molecular formula is C19H17ClF3N5O. The largest absolute Gasteiger partial charge is 0.416 e. The molecule has 3 aromatic rings. The Labute approximate surface area is 169 Å². The van der Waals surface area contributed by atoms with Crippen molar-refractivity contribution in [3.63, 3.8) is 0 Å². The van der Waals surface area contributed by atoms with Crippen LogP contribution >= 0.6 is 11.6 Å². The lowest BCUT2D eigenvalue weighted by Gasteiger charge is -2.34. The van der Waals surface area contributed by atoms with Gasteiger partial charge in [-0.3, -0.25) is 4.90 Å². The second-order valence-corrected chi connectivity index (χ2v) is 7.12. The van der Waals surface area contributed by atoms with Crippen molar-refractivity contribution in [1.29, 1.82) is 0 Å². The summed E-state index contributed by atoms with van der Waals surface area (Å²) in [5.41, 5.74) is -0.471. The van der Waals surface area contributed by atoms with E-state index in [4.69, 9.17) is 16.1 Å². The molecule has 10 heteroatoms. The number of hydrogen-bond donors (Lipinski definition) is 0. The first-order chi connectivity index (χ1) is 13.9. The van der Waals surface area contributed by atoms with Crippen LogP contribution < -0.4 is 4.90 Å². The Hall–Kier alpha value is -2.65. The lowest BCUT2D eigenvalue weighted by atomic mass is 10.1. The highest BCUT2D eigenvalue weighted by atomic mass is 35.5. The molecule has 6 nitrogen and oxygen atoms in total. The third-order valence-electron chi connectivity index (χ3n) is 4.68. The van der Waals surface area contributed by atoms with E-state index in [9.17, 15) is 13.2 Å². The molecule has 1 saturated heterocycles. The Morgan fingerprint density at radius 1 is 1.07 bits per heavy atom. The maximum Gasteiger partial charge on any atom is 0.416 e. The summed E-state index contributed by atoms with van der Waals surface area (Å²) in [6.07, 6.45) is -2.79. The fourth-order valence-corrected chi connectivity index (χ4v) is 3.26. The Bertz CT molecular complexity index is 968. The van der Waals surface area contributed by atoms with Gasteiger partial charge in [-0.05, 0) is 24.3 Å². The number of hydrogen-bond acceptors (Lipinski definition) is 6. The summed E-state index contributed by atoms with van der Waals surface area (Å²) in [5, 5.41) is 4.43. The minimum Gasteiger partial charge on any atom is -0.354 e. The molecule has 4 rings (SSSR count). The van der Waals surface area contributed by atoms with Gasteiger partial charge in [-0.1, -0.05) is 28.9 Å². The molecule has 0 bridgehead atoms. The first kappa shape index (κ1) is 19.7. The van der Waals surface area contributed by atoms with E-state index in [2.05, 4.69) is 24.9 Å². The van der Waals surface area contributed by atoms with Crippen LogP contribution in [0.2, 0.25) is 5.02 Å². The SMILES string of the molecule is FC(F)(F)c1cccc(-c2noc(CN3CCN(c4ccc(Cl)cn4)CC3)n2)c1. The van der Waals surface area contributed by atoms with E-state index in [-0.39, 0.29) is 11.4 Å². The lowest BCUT2D eigenvalue weighted by molar-refractivity contribution is -0.137. The Morgan fingerprint density at radius 2 is 1.86 bits per heavy atom. The van der Waals surface area contributed by atoms with Crippen molar-refractivity contribution in [3.05, 3.63) is 59.1 Å². The smallest absolute Gasteiger partial charge is 0.354 e. The Balaban J connectivity index is 1.37. The molecule has 0 aliphatic carbocycles. The molecule has 2 aromatic heterocycles. The minimum atomic E-state index is -4.42. The van der Waals surface area contributed by atoms with Crippen molar-refractivity contribution in [3.8, 4) is 11.4 Å². The summed E-state index contributed by atoms with van der Waals surface area (Å²) in [6, 6.07) is 8.59. The molecule has 0 spiro atoms. The lowest BCUT2D eigenvalue weighted by Crippen LogP contribution is -2.46. The molecule has 0 N–H and O–H groups in total. The zero-order valence-electron chi connectivity index (χ0n) is 15.2. The number of alkyl halides is 3. The first-order valence-corrected chi connectivity index (χ1v) is 9.35. The van der Waals surface area contributed by atoms with Crippen LogP contribution in [0, 0.1) is 0 Å². The van der Waals surface area contributed by atoms with E-state index in [1.165, 1.54) is 12.1 Å². The van der Waals surface area contributed by atoms with Crippen LogP contribution in [0.4, 0.5) is 19.0 Å². The van der Waals surface area contributed by atoms with Gasteiger partial charge >= 0.3 is 6.18 Å². The second-order valence-electron chi connectivity index (χ2n) is 6.69. The van der Waals surface area contributed by atoms with Crippen LogP contribution in [0.1, 0.15) is 11.5 Å². The summed E-state index contributed by atoms with van der Waals surface area (Å²) in [6.45, 7) is 3.54. The van der Waals surface area contributed by atoms with E-state index in [0.717, 1.165) is 44.1 Å². The first-order valence-electron chi connectivity index (χ1n) is 8.97. The van der Waals surface area contributed by atoms with Gasteiger partial charge in [0.2, 0.25) is 11.7 Å². The average Bonchev–Trinajstić information content (AvgIpc) is 3.17. The van der Waals surface area contributed by atoms with Crippen molar-refractivity contribution in [2.45, 2.75) is 12.7 Å². The van der Waals surface area contributed by atoms with Gasteiger partial charge in [-0.25, -0.2) is 4.98 Å². The maximum absolute atomic E-state index is 12.9. The monoisotopic (exact) mass is 423 g/mol. The summed E-state index contributed by atoms with van der Waals surface area (Å²) < 4.78 is 43.9.